The number of hydrogen-bond acceptors (Lipinski definition) is 0. The summed E-state index contributed by atoms with van der Waals surface area (Å²) in [5.41, 5.74) is 1.08. The number of hydrogen-bond donors (Lipinski definition) is 0. The third-order valence-corrected chi connectivity index (χ3v) is 13.0. The molecule has 0 radical (unpaired) electrons. The van der Waals surface area contributed by atoms with Gasteiger partial charge in [-0.1, -0.05) is 66.0 Å². The molecule has 0 amide bonds. The maximum Gasteiger partial charge on any atom is 0.0618 e. The van der Waals surface area contributed by atoms with Crippen LogP contribution in [0.5, 0.6) is 0 Å². The van der Waals surface area contributed by atoms with Crippen LogP contribution in [0, 0.1) is 0 Å². The molecule has 78 valence electrons. The molecule has 1 saturated heterocycles. The molecule has 2 atom stereocenters. The second-order valence-corrected chi connectivity index (χ2v) is 11.1. The van der Waals surface area contributed by atoms with Gasteiger partial charge in [-0.25, -0.2) is 0 Å². The van der Waals surface area contributed by atoms with Gasteiger partial charge in [0.1, 0.15) is 0 Å². The van der Waals surface area contributed by atoms with Crippen LogP contribution < -0.4 is 0 Å². The fraction of sp³-hybridized carbons (Fsp3) is 1.00. The first kappa shape index (κ1) is 11.3. The zero-order valence-corrected chi connectivity index (χ0v) is 11.1. The molecule has 1 aliphatic rings. The van der Waals surface area contributed by atoms with E-state index in [1.807, 2.05) is 0 Å². The van der Waals surface area contributed by atoms with Gasteiger partial charge in [0.05, 0.1) is 8.07 Å². The molecule has 2 unspecified atom stereocenters. The van der Waals surface area contributed by atoms with Gasteiger partial charge in [0.15, 0.2) is 0 Å². The van der Waals surface area contributed by atoms with E-state index < -0.39 is 8.07 Å². The molecule has 0 aromatic rings. The van der Waals surface area contributed by atoms with Crippen LogP contribution >= 0.6 is 0 Å². The van der Waals surface area contributed by atoms with Gasteiger partial charge in [-0.05, 0) is 10.6 Å². The van der Waals surface area contributed by atoms with Gasteiger partial charge in [-0.3, -0.25) is 0 Å². The lowest BCUT2D eigenvalue weighted by molar-refractivity contribution is 0.542. The maximum absolute atomic E-state index is 2.58. The highest BCUT2D eigenvalue weighted by Gasteiger charge is 2.53. The van der Waals surface area contributed by atoms with Crippen molar-refractivity contribution in [3.63, 3.8) is 0 Å². The van der Waals surface area contributed by atoms with Crippen molar-refractivity contribution >= 4 is 8.07 Å². The van der Waals surface area contributed by atoms with E-state index in [1.54, 1.807) is 0 Å². The van der Waals surface area contributed by atoms with Crippen molar-refractivity contribution in [1.82, 2.24) is 0 Å². The molecule has 0 saturated carbocycles. The van der Waals surface area contributed by atoms with Crippen molar-refractivity contribution in [1.29, 1.82) is 0 Å². The summed E-state index contributed by atoms with van der Waals surface area (Å²) in [5.74, 6) is 0. The average Bonchev–Trinajstić information content (AvgIpc) is 2.41. The molecule has 13 heavy (non-hydrogen) atoms. The van der Waals surface area contributed by atoms with Gasteiger partial charge in [0, 0.05) is 0 Å². The Labute approximate surface area is 85.1 Å². The molecule has 0 nitrogen and oxygen atoms in total. The van der Waals surface area contributed by atoms with Crippen molar-refractivity contribution in [3.05, 3.63) is 0 Å². The fourth-order valence-corrected chi connectivity index (χ4v) is 10.8. The summed E-state index contributed by atoms with van der Waals surface area (Å²) in [6, 6.07) is 3.02. The van der Waals surface area contributed by atoms with E-state index in [-0.39, 0.29) is 0 Å². The van der Waals surface area contributed by atoms with Crippen LogP contribution in [-0.4, -0.2) is 8.07 Å². The van der Waals surface area contributed by atoms with Gasteiger partial charge < -0.3 is 0 Å². The smallest absolute Gasteiger partial charge is 0.0618 e. The number of rotatable bonds is 3. The van der Waals surface area contributed by atoms with E-state index in [9.17, 15) is 0 Å². The molecule has 0 aromatic heterocycles. The van der Waals surface area contributed by atoms with E-state index in [0.29, 0.717) is 0 Å². The quantitative estimate of drug-likeness (QED) is 0.570. The van der Waals surface area contributed by atoms with Crippen molar-refractivity contribution in [2.75, 3.05) is 0 Å². The van der Waals surface area contributed by atoms with Crippen molar-refractivity contribution in [2.45, 2.75) is 76.5 Å². The molecule has 1 aliphatic heterocycles. The summed E-state index contributed by atoms with van der Waals surface area (Å²) < 4.78 is 0. The predicted molar refractivity (Wildman–Crippen MR) is 64.0 cm³/mol. The highest BCUT2D eigenvalue weighted by molar-refractivity contribution is 6.84. The third-order valence-electron chi connectivity index (χ3n) is 5.32. The lowest BCUT2D eigenvalue weighted by atomic mass is 10.0. The maximum atomic E-state index is 2.58. The van der Waals surface area contributed by atoms with Crippen LogP contribution in [0.15, 0.2) is 0 Å². The van der Waals surface area contributed by atoms with Gasteiger partial charge in [-0.15, -0.1) is 0 Å². The second-order valence-electron chi connectivity index (χ2n) is 5.22. The Bertz CT molecular complexity index is 172. The first-order chi connectivity index (χ1) is 6.06. The van der Waals surface area contributed by atoms with Crippen LogP contribution in [0.2, 0.25) is 22.7 Å². The Balaban J connectivity index is 2.99. The summed E-state index contributed by atoms with van der Waals surface area (Å²) in [4.78, 5) is 0. The Morgan fingerprint density at radius 3 is 2.08 bits per heavy atom. The highest BCUT2D eigenvalue weighted by atomic mass is 28.3. The van der Waals surface area contributed by atoms with Crippen LogP contribution in [-0.2, 0) is 0 Å². The standard InChI is InChI=1S/C12H26Si/c1-6-12(5)10-9-11(4)13(12,7-2)8-3/h11H,6-10H2,1-5H3. The summed E-state index contributed by atoms with van der Waals surface area (Å²) >= 11 is 0. The molecule has 1 rings (SSSR count). The minimum Gasteiger partial charge on any atom is -0.0677 e. The van der Waals surface area contributed by atoms with Crippen LogP contribution in [0.1, 0.15) is 53.9 Å². The van der Waals surface area contributed by atoms with Crippen molar-refractivity contribution in [2.24, 2.45) is 0 Å². The third kappa shape index (κ3) is 1.40. The molecule has 0 bridgehead atoms. The van der Waals surface area contributed by atoms with Crippen LogP contribution in [0.25, 0.3) is 0 Å². The summed E-state index contributed by atoms with van der Waals surface area (Å²) in [5, 5.41) is 0.760. The molecule has 1 heteroatoms. The van der Waals surface area contributed by atoms with E-state index >= 15 is 0 Å². The van der Waals surface area contributed by atoms with Gasteiger partial charge in [0.2, 0.25) is 0 Å². The van der Waals surface area contributed by atoms with E-state index in [1.165, 1.54) is 31.4 Å². The highest BCUT2D eigenvalue weighted by Crippen LogP contribution is 2.61. The van der Waals surface area contributed by atoms with Gasteiger partial charge >= 0.3 is 0 Å². The predicted octanol–water partition coefficient (Wildman–Crippen LogP) is 4.83. The lowest BCUT2D eigenvalue weighted by Gasteiger charge is -2.43. The Hall–Kier alpha value is 0.217. The minimum atomic E-state index is -0.937. The van der Waals surface area contributed by atoms with Crippen molar-refractivity contribution < 1.29 is 0 Å². The molecular formula is C12H26Si. The first-order valence-corrected chi connectivity index (χ1v) is 8.55. The van der Waals surface area contributed by atoms with Crippen molar-refractivity contribution in [3.8, 4) is 0 Å². The van der Waals surface area contributed by atoms with Crippen LogP contribution in [0.3, 0.4) is 0 Å². The average molecular weight is 198 g/mol. The Morgan fingerprint density at radius 2 is 1.77 bits per heavy atom. The minimum absolute atomic E-state index is 0.760. The topological polar surface area (TPSA) is 0 Å². The molecule has 0 aromatic carbocycles. The fourth-order valence-electron chi connectivity index (χ4n) is 3.98. The van der Waals surface area contributed by atoms with Gasteiger partial charge in [-0.2, -0.15) is 0 Å². The molecule has 1 fully saturated rings. The molecule has 0 spiro atoms. The van der Waals surface area contributed by atoms with Crippen LogP contribution in [0.4, 0.5) is 0 Å². The molecule has 0 aliphatic carbocycles. The largest absolute Gasteiger partial charge is 0.0677 e. The van der Waals surface area contributed by atoms with Gasteiger partial charge in [0.25, 0.3) is 0 Å². The zero-order valence-electron chi connectivity index (χ0n) is 10.1. The Morgan fingerprint density at radius 1 is 1.23 bits per heavy atom. The molecule has 0 N–H and O–H groups in total. The molecular weight excluding hydrogens is 172 g/mol. The zero-order chi connectivity index (χ0) is 10.1. The monoisotopic (exact) mass is 198 g/mol. The molecule has 1 heterocycles. The lowest BCUT2D eigenvalue weighted by Crippen LogP contribution is -2.43. The van der Waals surface area contributed by atoms with E-state index in [2.05, 4.69) is 34.6 Å². The summed E-state index contributed by atoms with van der Waals surface area (Å²) in [6.07, 6.45) is 4.45. The van der Waals surface area contributed by atoms with E-state index in [0.717, 1.165) is 10.6 Å². The Kier molecular flexibility index (Phi) is 3.27. The van der Waals surface area contributed by atoms with E-state index in [4.69, 9.17) is 0 Å². The second kappa shape index (κ2) is 3.76. The normalized spacial score (nSPS) is 38.1. The first-order valence-electron chi connectivity index (χ1n) is 6.06. The SMILES string of the molecule is CCC1(C)CCC(C)[Si]1(CC)CC. The summed E-state index contributed by atoms with van der Waals surface area (Å²) in [6.45, 7) is 12.4. The summed E-state index contributed by atoms with van der Waals surface area (Å²) in [7, 11) is -0.937.